The molecule has 14 N–H and O–H groups in total. The highest BCUT2D eigenvalue weighted by Crippen LogP contribution is 2.39. The number of hydrogen-bond acceptors (Lipinski definition) is 20. The number of aliphatic carboxylic acids is 1. The number of aliphatic hydroxyl groups excluding tert-OH is 11. The largest absolute Gasteiger partial charge is 0.477 e. The molecule has 3 heterocycles. The number of carbonyl (C=O) groups is 3. The van der Waals surface area contributed by atoms with Gasteiger partial charge in [0.1, 0.15) is 67.1 Å². The van der Waals surface area contributed by atoms with Gasteiger partial charge in [0.05, 0.1) is 50.7 Å². The molecule has 0 radical (unpaired) electrons. The molecule has 2 amide bonds. The molecule has 107 heavy (non-hydrogen) atoms. The van der Waals surface area contributed by atoms with E-state index in [1.54, 1.807) is 0 Å². The van der Waals surface area contributed by atoms with Gasteiger partial charge in [0.15, 0.2) is 12.6 Å². The lowest BCUT2D eigenvalue weighted by molar-refractivity contribution is -0.386. The lowest BCUT2D eigenvalue weighted by Gasteiger charge is -2.50. The summed E-state index contributed by atoms with van der Waals surface area (Å²) in [5.41, 5.74) is 0. The Labute approximate surface area is 646 Å². The summed E-state index contributed by atoms with van der Waals surface area (Å²) in [4.78, 5) is 38.8. The van der Waals surface area contributed by atoms with Crippen LogP contribution in [0, 0.1) is 0 Å². The molecule has 3 aliphatic heterocycles. The first-order valence-electron chi connectivity index (χ1n) is 43.9. The van der Waals surface area contributed by atoms with Crippen LogP contribution in [0.25, 0.3) is 0 Å². The molecular formula is C84H160N2O21. The number of unbranched alkanes of at least 4 members (excludes halogenated alkanes) is 51. The summed E-state index contributed by atoms with van der Waals surface area (Å²) in [5.74, 6) is -6.08. The van der Waals surface area contributed by atoms with Crippen molar-refractivity contribution in [3.63, 3.8) is 0 Å². The van der Waals surface area contributed by atoms with Crippen molar-refractivity contribution in [2.24, 2.45) is 0 Å². The molecule has 0 aromatic rings. The Bertz CT molecular complexity index is 2120. The molecule has 0 spiro atoms. The minimum atomic E-state index is -3.08. The van der Waals surface area contributed by atoms with Gasteiger partial charge >= 0.3 is 5.97 Å². The fourth-order valence-electron chi connectivity index (χ4n) is 15.7. The third-order valence-electron chi connectivity index (χ3n) is 22.6. The molecule has 3 fully saturated rings. The number of ether oxygens (including phenoxy) is 6. The van der Waals surface area contributed by atoms with Gasteiger partial charge in [0.2, 0.25) is 11.8 Å². The van der Waals surface area contributed by atoms with E-state index in [9.17, 15) is 75.7 Å². The zero-order valence-corrected chi connectivity index (χ0v) is 67.3. The van der Waals surface area contributed by atoms with Crippen LogP contribution in [0.15, 0.2) is 0 Å². The minimum Gasteiger partial charge on any atom is -0.477 e. The Balaban J connectivity index is 1.47. The predicted octanol–water partition coefficient (Wildman–Crippen LogP) is 13.1. The number of hydrogen-bond donors (Lipinski definition) is 14. The maximum atomic E-state index is 13.6. The number of carboxylic acid groups (broad SMARTS) is 1. The summed E-state index contributed by atoms with van der Waals surface area (Å²) in [6, 6.07) is -2.53. The van der Waals surface area contributed by atoms with Crippen LogP contribution in [-0.2, 0) is 42.8 Å². The molecule has 0 aromatic heterocycles. The van der Waals surface area contributed by atoms with E-state index < -0.39 is 148 Å². The van der Waals surface area contributed by atoms with Crippen LogP contribution < -0.4 is 10.6 Å². The number of nitrogens with one attached hydrogen (secondary N) is 2. The van der Waals surface area contributed by atoms with E-state index in [1.807, 2.05) is 0 Å². The average molecular weight is 1530 g/mol. The van der Waals surface area contributed by atoms with Crippen molar-refractivity contribution in [1.82, 2.24) is 10.6 Å². The number of amides is 2. The molecule has 632 valence electrons. The Morgan fingerprint density at radius 3 is 1.17 bits per heavy atom. The molecule has 0 saturated carbocycles. The second-order valence-corrected chi connectivity index (χ2v) is 32.1. The average Bonchev–Trinajstić information content (AvgIpc) is 0.754. The van der Waals surface area contributed by atoms with E-state index in [4.69, 9.17) is 28.4 Å². The van der Waals surface area contributed by atoms with Crippen molar-refractivity contribution in [2.75, 3.05) is 26.4 Å². The number of carbonyl (C=O) groups excluding carboxylic acids is 2. The standard InChI is InChI=1S/C84H160N2O21/c1-4-6-8-10-12-14-16-18-20-22-24-26-28-30-31-32-33-34-36-38-40-42-44-46-48-50-52-54-56-58-71(94)86-65(66(91)57-55-53-51-49-47-45-43-41-39-37-35-29-27-25-23-21-19-17-15-13-11-9-7-5-2)63-102-81-76(98)75(97)78(70(62-89)104-81)105-82-77(99)80(74(96)69(61-88)103-82)107-84(83(100)101)59-67(92)72(85-64(3)90)79(106-84)73(95)68(93)60-87/h65-70,72-82,87-89,91-93,95-99H,4-63H2,1-3H3,(H,85,90)(H,86,94)(H,100,101). The molecule has 0 bridgehead atoms. The van der Waals surface area contributed by atoms with Gasteiger partial charge in [0.25, 0.3) is 5.79 Å². The van der Waals surface area contributed by atoms with Crippen LogP contribution in [0.3, 0.4) is 0 Å². The topological polar surface area (TPSA) is 373 Å². The molecule has 0 aromatic carbocycles. The number of rotatable bonds is 71. The summed E-state index contributed by atoms with van der Waals surface area (Å²) in [7, 11) is 0. The first-order chi connectivity index (χ1) is 51.9. The van der Waals surface area contributed by atoms with E-state index in [2.05, 4.69) is 24.5 Å². The Morgan fingerprint density at radius 2 is 0.813 bits per heavy atom. The van der Waals surface area contributed by atoms with Gasteiger partial charge in [-0.15, -0.1) is 0 Å². The highest BCUT2D eigenvalue weighted by Gasteiger charge is 2.60. The van der Waals surface area contributed by atoms with Gasteiger partial charge in [-0.05, 0) is 12.8 Å². The maximum Gasteiger partial charge on any atom is 0.364 e. The van der Waals surface area contributed by atoms with Crippen molar-refractivity contribution in [3.05, 3.63) is 0 Å². The number of aliphatic hydroxyl groups is 11. The highest BCUT2D eigenvalue weighted by atomic mass is 16.8. The van der Waals surface area contributed by atoms with Gasteiger partial charge < -0.3 is 100 Å². The molecule has 23 heteroatoms. The van der Waals surface area contributed by atoms with Gasteiger partial charge in [-0.3, -0.25) is 9.59 Å². The summed E-state index contributed by atoms with van der Waals surface area (Å²) in [5, 5.41) is 137. The quantitative estimate of drug-likeness (QED) is 0.0252. The van der Waals surface area contributed by atoms with Crippen LogP contribution in [-0.4, -0.2) is 215 Å². The maximum absolute atomic E-state index is 13.6. The SMILES string of the molecule is CCCCCCCCCCCCCCCCCCCCCCCCCCCCCCCC(=O)NC(COC1OC(CO)C(OC2OC(CO)C(O)C(OC3(C(=O)O)CC(O)C(NC(C)=O)C(C(O)C(O)CO)O3)C2O)C(O)C1O)C(O)CCCCCCCCCCCCCCCCCCCCCCCCCC. The fraction of sp³-hybridized carbons (Fsp3) is 0.964. The Kier molecular flexibility index (Phi) is 58.3. The Morgan fingerprint density at radius 1 is 0.449 bits per heavy atom. The molecule has 3 aliphatic rings. The van der Waals surface area contributed by atoms with Gasteiger partial charge in [-0.1, -0.05) is 348 Å². The first kappa shape index (κ1) is 98.9. The monoisotopic (exact) mass is 1530 g/mol. The smallest absolute Gasteiger partial charge is 0.364 e. The molecule has 18 atom stereocenters. The van der Waals surface area contributed by atoms with Crippen molar-refractivity contribution < 1.29 is 104 Å². The van der Waals surface area contributed by atoms with Crippen molar-refractivity contribution in [3.8, 4) is 0 Å². The lowest BCUT2D eigenvalue weighted by atomic mass is 9.88. The summed E-state index contributed by atoms with van der Waals surface area (Å²) >= 11 is 0. The lowest BCUT2D eigenvalue weighted by Crippen LogP contribution is -2.70. The predicted molar refractivity (Wildman–Crippen MR) is 417 cm³/mol. The van der Waals surface area contributed by atoms with Crippen LogP contribution in [0.5, 0.6) is 0 Å². The third kappa shape index (κ3) is 42.6. The van der Waals surface area contributed by atoms with Crippen LogP contribution in [0.2, 0.25) is 0 Å². The second kappa shape index (κ2) is 63.1. The fourth-order valence-corrected chi connectivity index (χ4v) is 15.7. The minimum absolute atomic E-state index is 0.230. The van der Waals surface area contributed by atoms with Crippen molar-refractivity contribution >= 4 is 17.8 Å². The van der Waals surface area contributed by atoms with E-state index in [-0.39, 0.29) is 18.9 Å². The van der Waals surface area contributed by atoms with Gasteiger partial charge in [0, 0.05) is 19.8 Å². The van der Waals surface area contributed by atoms with Gasteiger partial charge in [-0.2, -0.15) is 0 Å². The Hall–Kier alpha value is -2.27. The van der Waals surface area contributed by atoms with Crippen LogP contribution in [0.4, 0.5) is 0 Å². The summed E-state index contributed by atoms with van der Waals surface area (Å²) in [6.45, 7) is 2.29. The molecule has 3 rings (SSSR count). The zero-order valence-electron chi connectivity index (χ0n) is 67.3. The molecule has 18 unspecified atom stereocenters. The zero-order chi connectivity index (χ0) is 78.1. The summed E-state index contributed by atoms with van der Waals surface area (Å²) in [6.07, 6.45) is 39.6. The first-order valence-corrected chi connectivity index (χ1v) is 43.9. The molecular weight excluding hydrogens is 1370 g/mol. The normalized spacial score (nSPS) is 25.9. The molecule has 3 saturated heterocycles. The summed E-state index contributed by atoms with van der Waals surface area (Å²) < 4.78 is 35.0. The third-order valence-corrected chi connectivity index (χ3v) is 22.6. The van der Waals surface area contributed by atoms with Crippen molar-refractivity contribution in [1.29, 1.82) is 0 Å². The van der Waals surface area contributed by atoms with E-state index >= 15 is 0 Å². The van der Waals surface area contributed by atoms with Gasteiger partial charge in [-0.25, -0.2) is 4.79 Å². The van der Waals surface area contributed by atoms with Crippen LogP contribution >= 0.6 is 0 Å². The molecule has 0 aliphatic carbocycles. The van der Waals surface area contributed by atoms with E-state index in [0.29, 0.717) is 19.3 Å². The van der Waals surface area contributed by atoms with Crippen LogP contribution in [0.1, 0.15) is 380 Å². The van der Waals surface area contributed by atoms with Crippen molar-refractivity contribution in [2.45, 2.75) is 490 Å². The van der Waals surface area contributed by atoms with E-state index in [1.165, 1.54) is 283 Å². The number of carboxylic acids is 1. The highest BCUT2D eigenvalue weighted by molar-refractivity contribution is 5.77. The second-order valence-electron chi connectivity index (χ2n) is 32.1. The molecule has 23 nitrogen and oxygen atoms in total. The van der Waals surface area contributed by atoms with E-state index in [0.717, 1.165) is 51.9 Å².